The summed E-state index contributed by atoms with van der Waals surface area (Å²) < 4.78 is 0. The van der Waals surface area contributed by atoms with Crippen molar-refractivity contribution in [2.24, 2.45) is 0 Å². The highest BCUT2D eigenvalue weighted by Gasteiger charge is 2.20. The Morgan fingerprint density at radius 2 is 2.05 bits per heavy atom. The number of hydrogen-bond donors (Lipinski definition) is 1. The number of hydrogen-bond acceptors (Lipinski definition) is 5. The van der Waals surface area contributed by atoms with Crippen LogP contribution >= 0.6 is 0 Å². The summed E-state index contributed by atoms with van der Waals surface area (Å²) in [6.45, 7) is 10.0. The minimum absolute atomic E-state index is 0.156. The SMILES string of the molecule is CCNc1ncnc(N2CCCN(C(C)=O)CC2)c1CC. The number of carbonyl (C=O) groups excluding carboxylic acids is 1. The van der Waals surface area contributed by atoms with E-state index in [1.807, 2.05) is 4.90 Å². The standard InChI is InChI=1S/C15H25N5O/c1-4-13-14(16-5-2)17-11-18-15(13)20-8-6-7-19(9-10-20)12(3)21/h11H,4-10H2,1-3H3,(H,16,17,18). The number of carbonyl (C=O) groups is 1. The summed E-state index contributed by atoms with van der Waals surface area (Å²) >= 11 is 0. The van der Waals surface area contributed by atoms with Gasteiger partial charge in [0, 0.05) is 45.2 Å². The Bertz CT molecular complexity index is 491. The zero-order chi connectivity index (χ0) is 15.2. The van der Waals surface area contributed by atoms with Crippen LogP contribution in [0.1, 0.15) is 32.8 Å². The van der Waals surface area contributed by atoms with Crippen LogP contribution in [0.25, 0.3) is 0 Å². The maximum Gasteiger partial charge on any atom is 0.219 e. The average molecular weight is 291 g/mol. The zero-order valence-electron chi connectivity index (χ0n) is 13.2. The van der Waals surface area contributed by atoms with Crippen molar-refractivity contribution in [3.63, 3.8) is 0 Å². The first-order valence-corrected chi connectivity index (χ1v) is 7.75. The Morgan fingerprint density at radius 1 is 1.24 bits per heavy atom. The van der Waals surface area contributed by atoms with Crippen LogP contribution < -0.4 is 10.2 Å². The zero-order valence-corrected chi connectivity index (χ0v) is 13.2. The van der Waals surface area contributed by atoms with Gasteiger partial charge in [-0.2, -0.15) is 0 Å². The second kappa shape index (κ2) is 7.24. The Morgan fingerprint density at radius 3 is 2.71 bits per heavy atom. The Balaban J connectivity index is 2.21. The number of aromatic nitrogens is 2. The highest BCUT2D eigenvalue weighted by molar-refractivity contribution is 5.73. The Labute approximate surface area is 126 Å². The summed E-state index contributed by atoms with van der Waals surface area (Å²) in [5.74, 6) is 2.09. The molecule has 6 nitrogen and oxygen atoms in total. The van der Waals surface area contributed by atoms with Crippen molar-refractivity contribution < 1.29 is 4.79 Å². The molecule has 1 aromatic rings. The summed E-state index contributed by atoms with van der Waals surface area (Å²) in [4.78, 5) is 24.6. The highest BCUT2D eigenvalue weighted by atomic mass is 16.2. The van der Waals surface area contributed by atoms with Crippen LogP contribution in [-0.2, 0) is 11.2 Å². The van der Waals surface area contributed by atoms with E-state index in [1.54, 1.807) is 13.3 Å². The van der Waals surface area contributed by atoms with Gasteiger partial charge in [-0.1, -0.05) is 6.92 Å². The summed E-state index contributed by atoms with van der Waals surface area (Å²) in [5, 5.41) is 3.31. The van der Waals surface area contributed by atoms with E-state index in [0.29, 0.717) is 0 Å². The van der Waals surface area contributed by atoms with E-state index in [2.05, 4.69) is 34.0 Å². The van der Waals surface area contributed by atoms with Crippen molar-refractivity contribution in [1.29, 1.82) is 0 Å². The lowest BCUT2D eigenvalue weighted by Crippen LogP contribution is -2.34. The molecule has 1 saturated heterocycles. The molecule has 1 N–H and O–H groups in total. The van der Waals surface area contributed by atoms with Gasteiger partial charge >= 0.3 is 0 Å². The molecule has 0 bridgehead atoms. The molecule has 1 aliphatic heterocycles. The molecule has 6 heteroatoms. The lowest BCUT2D eigenvalue weighted by atomic mass is 10.2. The number of anilines is 2. The maximum absolute atomic E-state index is 11.5. The molecule has 116 valence electrons. The second-order valence-corrected chi connectivity index (χ2v) is 5.25. The van der Waals surface area contributed by atoms with Gasteiger partial charge in [0.05, 0.1) is 0 Å². The van der Waals surface area contributed by atoms with Crippen LogP contribution in [0.15, 0.2) is 6.33 Å². The first kappa shape index (κ1) is 15.5. The largest absolute Gasteiger partial charge is 0.370 e. The number of rotatable bonds is 4. The van der Waals surface area contributed by atoms with E-state index in [-0.39, 0.29) is 5.91 Å². The minimum Gasteiger partial charge on any atom is -0.370 e. The normalized spacial score (nSPS) is 15.8. The molecule has 1 fully saturated rings. The molecule has 1 aromatic heterocycles. The monoisotopic (exact) mass is 291 g/mol. The van der Waals surface area contributed by atoms with Crippen LogP contribution in [0.2, 0.25) is 0 Å². The van der Waals surface area contributed by atoms with Gasteiger partial charge in [-0.3, -0.25) is 4.79 Å². The smallest absolute Gasteiger partial charge is 0.219 e. The lowest BCUT2D eigenvalue weighted by molar-refractivity contribution is -0.128. The second-order valence-electron chi connectivity index (χ2n) is 5.25. The molecule has 0 aliphatic carbocycles. The van der Waals surface area contributed by atoms with E-state index < -0.39 is 0 Å². The molecule has 0 saturated carbocycles. The fourth-order valence-corrected chi connectivity index (χ4v) is 2.77. The lowest BCUT2D eigenvalue weighted by Gasteiger charge is -2.25. The molecule has 0 unspecified atom stereocenters. The third kappa shape index (κ3) is 3.62. The predicted octanol–water partition coefficient (Wildman–Crippen LogP) is 1.53. The molecule has 21 heavy (non-hydrogen) atoms. The quantitative estimate of drug-likeness (QED) is 0.911. The third-order valence-electron chi connectivity index (χ3n) is 3.86. The third-order valence-corrected chi connectivity index (χ3v) is 3.86. The first-order valence-electron chi connectivity index (χ1n) is 7.75. The molecule has 2 heterocycles. The molecule has 0 atom stereocenters. The van der Waals surface area contributed by atoms with E-state index in [0.717, 1.165) is 62.8 Å². The number of nitrogens with zero attached hydrogens (tertiary/aromatic N) is 4. The summed E-state index contributed by atoms with van der Waals surface area (Å²) in [5.41, 5.74) is 1.16. The van der Waals surface area contributed by atoms with Gasteiger partial charge < -0.3 is 15.1 Å². The van der Waals surface area contributed by atoms with E-state index >= 15 is 0 Å². The van der Waals surface area contributed by atoms with Crippen LogP contribution in [0.4, 0.5) is 11.6 Å². The fraction of sp³-hybridized carbons (Fsp3) is 0.667. The maximum atomic E-state index is 11.5. The van der Waals surface area contributed by atoms with E-state index in [4.69, 9.17) is 0 Å². The van der Waals surface area contributed by atoms with Gasteiger partial charge in [-0.15, -0.1) is 0 Å². The Hall–Kier alpha value is -1.85. The summed E-state index contributed by atoms with van der Waals surface area (Å²) in [7, 11) is 0. The van der Waals surface area contributed by atoms with Crippen LogP contribution in [0, 0.1) is 0 Å². The average Bonchev–Trinajstić information content (AvgIpc) is 2.73. The Kier molecular flexibility index (Phi) is 5.36. The van der Waals surface area contributed by atoms with Gasteiger partial charge in [-0.05, 0) is 19.8 Å². The van der Waals surface area contributed by atoms with Crippen LogP contribution in [0.5, 0.6) is 0 Å². The molecular weight excluding hydrogens is 266 g/mol. The minimum atomic E-state index is 0.156. The van der Waals surface area contributed by atoms with Crippen LogP contribution in [-0.4, -0.2) is 53.5 Å². The fourth-order valence-electron chi connectivity index (χ4n) is 2.77. The molecule has 1 amide bonds. The van der Waals surface area contributed by atoms with Crippen molar-refractivity contribution >= 4 is 17.5 Å². The number of nitrogens with one attached hydrogen (secondary N) is 1. The van der Waals surface area contributed by atoms with Crippen molar-refractivity contribution in [2.75, 3.05) is 42.9 Å². The van der Waals surface area contributed by atoms with Crippen LogP contribution in [0.3, 0.4) is 0 Å². The highest BCUT2D eigenvalue weighted by Crippen LogP contribution is 2.24. The van der Waals surface area contributed by atoms with Gasteiger partial charge in [0.1, 0.15) is 18.0 Å². The van der Waals surface area contributed by atoms with Gasteiger partial charge in [0.2, 0.25) is 5.91 Å². The molecule has 0 spiro atoms. The number of amides is 1. The molecule has 0 aromatic carbocycles. The van der Waals surface area contributed by atoms with Gasteiger partial charge in [-0.25, -0.2) is 9.97 Å². The predicted molar refractivity (Wildman–Crippen MR) is 84.7 cm³/mol. The summed E-state index contributed by atoms with van der Waals surface area (Å²) in [6.07, 6.45) is 3.49. The topological polar surface area (TPSA) is 61.4 Å². The molecule has 1 aliphatic rings. The molecule has 2 rings (SSSR count). The van der Waals surface area contributed by atoms with Gasteiger partial charge in [0.25, 0.3) is 0 Å². The van der Waals surface area contributed by atoms with Crippen molar-refractivity contribution in [2.45, 2.75) is 33.6 Å². The molecular formula is C15H25N5O. The summed E-state index contributed by atoms with van der Waals surface area (Å²) in [6, 6.07) is 0. The van der Waals surface area contributed by atoms with E-state index in [1.165, 1.54) is 0 Å². The first-order chi connectivity index (χ1) is 10.2. The van der Waals surface area contributed by atoms with Crippen molar-refractivity contribution in [3.8, 4) is 0 Å². The van der Waals surface area contributed by atoms with E-state index in [9.17, 15) is 4.79 Å². The van der Waals surface area contributed by atoms with Gasteiger partial charge in [0.15, 0.2) is 0 Å². The van der Waals surface area contributed by atoms with Crippen molar-refractivity contribution in [1.82, 2.24) is 14.9 Å². The molecule has 0 radical (unpaired) electrons. The van der Waals surface area contributed by atoms with Crippen molar-refractivity contribution in [3.05, 3.63) is 11.9 Å².